The second-order valence-electron chi connectivity index (χ2n) is 7.06. The summed E-state index contributed by atoms with van der Waals surface area (Å²) < 4.78 is 5.99. The number of nitriles is 1. The van der Waals surface area contributed by atoms with Gasteiger partial charge in [0.2, 0.25) is 0 Å². The minimum atomic E-state index is -0.478. The maximum atomic E-state index is 12.9. The van der Waals surface area contributed by atoms with Gasteiger partial charge in [0, 0.05) is 50.0 Å². The lowest BCUT2D eigenvalue weighted by Gasteiger charge is -2.40. The van der Waals surface area contributed by atoms with Gasteiger partial charge in [-0.1, -0.05) is 0 Å². The Balaban J connectivity index is 1.63. The molecule has 2 atom stereocenters. The standard InChI is InChI=1S/C20H23N5O2/c1-14-12-25(13-18(27-14)20(26)24-9-7-22-8-10-24)17-5-4-15(11-21)19-16(17)3-2-6-23-19/h2-6,14,18,22H,7-10,12-13H2,1H3/t14-,18-/m1/s1. The van der Waals surface area contributed by atoms with Crippen molar-refractivity contribution in [3.8, 4) is 6.07 Å². The number of fused-ring (bicyclic) bond motifs is 1. The van der Waals surface area contributed by atoms with Crippen molar-refractivity contribution in [3.63, 3.8) is 0 Å². The van der Waals surface area contributed by atoms with E-state index in [-0.39, 0.29) is 12.0 Å². The first kappa shape index (κ1) is 17.7. The first-order chi connectivity index (χ1) is 13.2. The van der Waals surface area contributed by atoms with E-state index < -0.39 is 6.10 Å². The van der Waals surface area contributed by atoms with Crippen LogP contribution in [0.4, 0.5) is 5.69 Å². The molecule has 1 aromatic heterocycles. The van der Waals surface area contributed by atoms with Crippen molar-refractivity contribution in [1.82, 2.24) is 15.2 Å². The summed E-state index contributed by atoms with van der Waals surface area (Å²) in [5.74, 6) is 0.0594. The predicted molar refractivity (Wildman–Crippen MR) is 102 cm³/mol. The Kier molecular flexibility index (Phi) is 4.92. The van der Waals surface area contributed by atoms with Crippen molar-refractivity contribution in [2.75, 3.05) is 44.2 Å². The number of ether oxygens (including phenoxy) is 1. The second kappa shape index (κ2) is 7.51. The van der Waals surface area contributed by atoms with Crippen LogP contribution in [0.3, 0.4) is 0 Å². The number of benzene rings is 1. The number of hydrogen-bond acceptors (Lipinski definition) is 6. The Labute approximate surface area is 158 Å². The zero-order valence-corrected chi connectivity index (χ0v) is 15.4. The fraction of sp³-hybridized carbons (Fsp3) is 0.450. The van der Waals surface area contributed by atoms with Crippen LogP contribution in [0.1, 0.15) is 12.5 Å². The smallest absolute Gasteiger partial charge is 0.253 e. The number of morpholine rings is 1. The first-order valence-corrected chi connectivity index (χ1v) is 9.35. The average molecular weight is 365 g/mol. The number of carbonyl (C=O) groups is 1. The van der Waals surface area contributed by atoms with Crippen LogP contribution in [0.2, 0.25) is 0 Å². The van der Waals surface area contributed by atoms with Gasteiger partial charge >= 0.3 is 0 Å². The molecule has 27 heavy (non-hydrogen) atoms. The summed E-state index contributed by atoms with van der Waals surface area (Å²) in [5.41, 5.74) is 2.25. The van der Waals surface area contributed by atoms with E-state index in [1.54, 1.807) is 12.3 Å². The van der Waals surface area contributed by atoms with Crippen molar-refractivity contribution < 1.29 is 9.53 Å². The lowest BCUT2D eigenvalue weighted by atomic mass is 10.1. The van der Waals surface area contributed by atoms with Gasteiger partial charge in [-0.2, -0.15) is 5.26 Å². The molecule has 4 rings (SSSR count). The predicted octanol–water partition coefficient (Wildman–Crippen LogP) is 1.13. The molecule has 140 valence electrons. The van der Waals surface area contributed by atoms with Crippen LogP contribution >= 0.6 is 0 Å². The molecule has 2 aliphatic heterocycles. The highest BCUT2D eigenvalue weighted by Crippen LogP contribution is 2.30. The maximum Gasteiger partial charge on any atom is 0.253 e. The van der Waals surface area contributed by atoms with Crippen LogP contribution in [0.5, 0.6) is 0 Å². The van der Waals surface area contributed by atoms with Gasteiger partial charge in [0.1, 0.15) is 6.07 Å². The van der Waals surface area contributed by atoms with Crippen LogP contribution < -0.4 is 10.2 Å². The highest BCUT2D eigenvalue weighted by atomic mass is 16.5. The molecule has 2 aliphatic rings. The summed E-state index contributed by atoms with van der Waals surface area (Å²) in [4.78, 5) is 21.4. The highest BCUT2D eigenvalue weighted by Gasteiger charge is 2.34. The Morgan fingerprint density at radius 2 is 2.11 bits per heavy atom. The number of amides is 1. The van der Waals surface area contributed by atoms with Crippen molar-refractivity contribution in [3.05, 3.63) is 36.0 Å². The van der Waals surface area contributed by atoms with Crippen molar-refractivity contribution in [2.24, 2.45) is 0 Å². The molecule has 0 aliphatic carbocycles. The summed E-state index contributed by atoms with van der Waals surface area (Å²) in [6.07, 6.45) is 1.17. The average Bonchev–Trinajstić information content (AvgIpc) is 2.72. The summed E-state index contributed by atoms with van der Waals surface area (Å²) in [7, 11) is 0. The number of anilines is 1. The molecule has 0 bridgehead atoms. The molecule has 2 aromatic rings. The van der Waals surface area contributed by atoms with Gasteiger partial charge in [-0.05, 0) is 31.2 Å². The Morgan fingerprint density at radius 3 is 2.89 bits per heavy atom. The molecule has 1 amide bonds. The van der Waals surface area contributed by atoms with Crippen LogP contribution in [0.15, 0.2) is 30.5 Å². The number of carbonyl (C=O) groups excluding carboxylic acids is 1. The van der Waals surface area contributed by atoms with E-state index in [4.69, 9.17) is 4.74 Å². The molecule has 0 saturated carbocycles. The van der Waals surface area contributed by atoms with Crippen LogP contribution in [-0.4, -0.2) is 67.3 Å². The minimum absolute atomic E-state index is 0.0574. The molecule has 0 radical (unpaired) electrons. The quantitative estimate of drug-likeness (QED) is 0.859. The van der Waals surface area contributed by atoms with Gasteiger partial charge in [0.15, 0.2) is 6.10 Å². The SMILES string of the molecule is C[C@@H]1CN(c2ccc(C#N)c3ncccc23)C[C@H](C(=O)N2CCNCC2)O1. The summed E-state index contributed by atoms with van der Waals surface area (Å²) in [6.45, 7) is 6.28. The van der Waals surface area contributed by atoms with E-state index in [0.717, 1.165) is 37.3 Å². The summed E-state index contributed by atoms with van der Waals surface area (Å²) in [6, 6.07) is 9.81. The summed E-state index contributed by atoms with van der Waals surface area (Å²) >= 11 is 0. The maximum absolute atomic E-state index is 12.9. The number of nitrogens with zero attached hydrogens (tertiary/aromatic N) is 4. The largest absolute Gasteiger partial charge is 0.365 e. The van der Waals surface area contributed by atoms with E-state index >= 15 is 0 Å². The van der Waals surface area contributed by atoms with E-state index in [1.165, 1.54) is 0 Å². The molecular weight excluding hydrogens is 342 g/mol. The zero-order valence-electron chi connectivity index (χ0n) is 15.4. The molecule has 2 saturated heterocycles. The van der Waals surface area contributed by atoms with Gasteiger partial charge in [-0.25, -0.2) is 0 Å². The van der Waals surface area contributed by atoms with Crippen LogP contribution in [0.25, 0.3) is 10.9 Å². The van der Waals surface area contributed by atoms with Gasteiger partial charge in [-0.3, -0.25) is 9.78 Å². The monoisotopic (exact) mass is 365 g/mol. The van der Waals surface area contributed by atoms with E-state index in [9.17, 15) is 10.1 Å². The molecular formula is C20H23N5O2. The molecule has 1 aromatic carbocycles. The van der Waals surface area contributed by atoms with Crippen LogP contribution in [0, 0.1) is 11.3 Å². The number of nitrogens with one attached hydrogen (secondary N) is 1. The Hall–Kier alpha value is -2.69. The number of pyridine rings is 1. The molecule has 0 unspecified atom stereocenters. The van der Waals surface area contributed by atoms with Gasteiger partial charge in [0.25, 0.3) is 5.91 Å². The van der Waals surface area contributed by atoms with Crippen molar-refractivity contribution >= 4 is 22.5 Å². The third-order valence-corrected chi connectivity index (χ3v) is 5.17. The number of rotatable bonds is 2. The van der Waals surface area contributed by atoms with E-state index in [2.05, 4.69) is 21.3 Å². The van der Waals surface area contributed by atoms with Gasteiger partial charge in [-0.15, -0.1) is 0 Å². The fourth-order valence-electron chi connectivity index (χ4n) is 3.90. The topological polar surface area (TPSA) is 81.5 Å². The van der Waals surface area contributed by atoms with E-state index in [0.29, 0.717) is 24.2 Å². The first-order valence-electron chi connectivity index (χ1n) is 9.35. The zero-order chi connectivity index (χ0) is 18.8. The van der Waals surface area contributed by atoms with Gasteiger partial charge < -0.3 is 19.9 Å². The molecule has 7 nitrogen and oxygen atoms in total. The fourth-order valence-corrected chi connectivity index (χ4v) is 3.90. The number of aromatic nitrogens is 1. The minimum Gasteiger partial charge on any atom is -0.365 e. The van der Waals surface area contributed by atoms with Crippen molar-refractivity contribution in [1.29, 1.82) is 5.26 Å². The third kappa shape index (κ3) is 3.46. The molecule has 7 heteroatoms. The lowest BCUT2D eigenvalue weighted by Crippen LogP contribution is -2.56. The van der Waals surface area contributed by atoms with Crippen LogP contribution in [-0.2, 0) is 9.53 Å². The molecule has 1 N–H and O–H groups in total. The highest BCUT2D eigenvalue weighted by molar-refractivity contribution is 5.95. The molecule has 2 fully saturated rings. The molecule has 0 spiro atoms. The van der Waals surface area contributed by atoms with Gasteiger partial charge in [0.05, 0.1) is 23.7 Å². The molecule has 3 heterocycles. The number of hydrogen-bond donors (Lipinski definition) is 1. The number of piperazine rings is 1. The third-order valence-electron chi connectivity index (χ3n) is 5.17. The van der Waals surface area contributed by atoms with Crippen molar-refractivity contribution in [2.45, 2.75) is 19.1 Å². The second-order valence-corrected chi connectivity index (χ2v) is 7.06. The lowest BCUT2D eigenvalue weighted by molar-refractivity contribution is -0.148. The summed E-state index contributed by atoms with van der Waals surface area (Å²) in [5, 5.41) is 13.6. The Morgan fingerprint density at radius 1 is 1.30 bits per heavy atom. The van der Waals surface area contributed by atoms with E-state index in [1.807, 2.05) is 30.0 Å². The normalized spacial score (nSPS) is 23.3. The Bertz CT molecular complexity index is 888.